The van der Waals surface area contributed by atoms with E-state index in [9.17, 15) is 0 Å². The van der Waals surface area contributed by atoms with E-state index in [-0.39, 0.29) is 24.2 Å². The van der Waals surface area contributed by atoms with Gasteiger partial charge in [-0.25, -0.2) is 0 Å². The molecule has 3 atom stereocenters. The summed E-state index contributed by atoms with van der Waals surface area (Å²) in [6, 6.07) is 28.6. The van der Waals surface area contributed by atoms with Crippen molar-refractivity contribution in [2.24, 2.45) is 4.99 Å². The third kappa shape index (κ3) is 5.00. The molecule has 2 fully saturated rings. The van der Waals surface area contributed by atoms with E-state index in [0.29, 0.717) is 0 Å². The number of aliphatic imine (C=N–C) groups is 1. The van der Waals surface area contributed by atoms with Crippen LogP contribution in [0.15, 0.2) is 132 Å². The zero-order valence-corrected chi connectivity index (χ0v) is 25.2. The van der Waals surface area contributed by atoms with Crippen LogP contribution in [0.5, 0.6) is 0 Å². The number of allylic oxidation sites excluding steroid dienone is 5. The van der Waals surface area contributed by atoms with Gasteiger partial charge in [-0.2, -0.15) is 0 Å². The van der Waals surface area contributed by atoms with Gasteiger partial charge in [-0.3, -0.25) is 9.98 Å². The van der Waals surface area contributed by atoms with E-state index in [0.717, 1.165) is 47.8 Å². The van der Waals surface area contributed by atoms with Crippen LogP contribution in [0.4, 0.5) is 0 Å². The predicted octanol–water partition coefficient (Wildman–Crippen LogP) is 8.46. The van der Waals surface area contributed by atoms with Crippen LogP contribution in [-0.4, -0.2) is 29.5 Å². The Labute approximate surface area is 260 Å². The van der Waals surface area contributed by atoms with Crippen molar-refractivity contribution < 1.29 is 9.31 Å². The van der Waals surface area contributed by atoms with Gasteiger partial charge in [-0.15, -0.1) is 0 Å². The highest BCUT2D eigenvalue weighted by Crippen LogP contribution is 2.58. The number of hydrogen-bond donors (Lipinski definition) is 0. The molecule has 4 aromatic rings. The average molecular weight is 575 g/mol. The van der Waals surface area contributed by atoms with Gasteiger partial charge in [-0.05, 0) is 101 Å². The smallest absolute Gasteiger partial charge is 0.399 e. The first kappa shape index (κ1) is 27.2. The number of aromatic nitrogens is 1. The Balaban J connectivity index is 1.19. The highest BCUT2D eigenvalue weighted by molar-refractivity contribution is 6.62. The third-order valence-electron chi connectivity index (χ3n) is 9.84. The lowest BCUT2D eigenvalue weighted by atomic mass is 9.77. The molecular formula is C39H35BN2O2. The Morgan fingerprint density at radius 3 is 2.20 bits per heavy atom. The van der Waals surface area contributed by atoms with Crippen LogP contribution >= 0.6 is 0 Å². The van der Waals surface area contributed by atoms with E-state index < -0.39 is 0 Å². The number of hydrogen-bond acceptors (Lipinski definition) is 4. The molecule has 1 saturated heterocycles. The summed E-state index contributed by atoms with van der Waals surface area (Å²) < 4.78 is 12.8. The molecule has 4 aliphatic rings. The molecule has 3 unspecified atom stereocenters. The molecule has 1 aromatic heterocycles. The lowest BCUT2D eigenvalue weighted by Gasteiger charge is -2.23. The van der Waals surface area contributed by atoms with Gasteiger partial charge >= 0.3 is 7.12 Å². The predicted molar refractivity (Wildman–Crippen MR) is 180 cm³/mol. The van der Waals surface area contributed by atoms with Crippen LogP contribution in [0, 0.1) is 0 Å². The molecule has 0 N–H and O–H groups in total. The molecule has 0 bridgehead atoms. The summed E-state index contributed by atoms with van der Waals surface area (Å²) in [7, 11) is -0.335. The fraction of sp³-hybridized carbons (Fsp3) is 0.231. The van der Waals surface area contributed by atoms with Crippen molar-refractivity contribution >= 4 is 18.8 Å². The Kier molecular flexibility index (Phi) is 6.62. The van der Waals surface area contributed by atoms with E-state index in [1.165, 1.54) is 33.4 Å². The second-order valence-electron chi connectivity index (χ2n) is 12.9. The van der Waals surface area contributed by atoms with Gasteiger partial charge in [0.25, 0.3) is 0 Å². The first-order valence-corrected chi connectivity index (χ1v) is 15.7. The Hall–Kier alpha value is -4.32. The van der Waals surface area contributed by atoms with Crippen molar-refractivity contribution in [3.8, 4) is 33.4 Å². The summed E-state index contributed by atoms with van der Waals surface area (Å²) in [6.07, 6.45) is 18.6. The maximum absolute atomic E-state index is 6.38. The van der Waals surface area contributed by atoms with E-state index >= 15 is 0 Å². The topological polar surface area (TPSA) is 43.7 Å². The highest BCUT2D eigenvalue weighted by Gasteiger charge is 2.71. The normalized spacial score (nSPS) is 25.4. The van der Waals surface area contributed by atoms with Gasteiger partial charge in [0, 0.05) is 42.7 Å². The Morgan fingerprint density at radius 1 is 0.773 bits per heavy atom. The zero-order valence-electron chi connectivity index (χ0n) is 25.2. The molecule has 4 nitrogen and oxygen atoms in total. The van der Waals surface area contributed by atoms with Gasteiger partial charge in [-0.1, -0.05) is 78.9 Å². The molecule has 44 heavy (non-hydrogen) atoms. The standard InChI is InChI=1S/C39H35BN2O2/c1-38-26-39(38,2)44-40(43-38)37-15-5-12-31(23-37)36-21-34(29-10-3-8-27(18-29)32-13-6-16-41-24-32)20-35(22-36)30-11-4-9-28(19-30)33-14-7-17-42-25-33/h3-6,8-13,15-18,20-25,30H,7,14,19,26H2,1-2H3. The molecule has 216 valence electrons. The number of rotatable bonds is 6. The fourth-order valence-electron chi connectivity index (χ4n) is 6.93. The monoisotopic (exact) mass is 574 g/mol. The quantitative estimate of drug-likeness (QED) is 0.217. The van der Waals surface area contributed by atoms with Crippen molar-refractivity contribution in [2.45, 2.75) is 56.7 Å². The molecule has 1 saturated carbocycles. The number of benzene rings is 3. The third-order valence-corrected chi connectivity index (χ3v) is 9.84. The van der Waals surface area contributed by atoms with Crippen LogP contribution in [-0.2, 0) is 9.31 Å². The van der Waals surface area contributed by atoms with Gasteiger partial charge in [0.05, 0.1) is 11.2 Å². The van der Waals surface area contributed by atoms with E-state index in [1.54, 1.807) is 0 Å². The van der Waals surface area contributed by atoms with Crippen LogP contribution < -0.4 is 5.46 Å². The van der Waals surface area contributed by atoms with E-state index in [2.05, 4.69) is 115 Å². The summed E-state index contributed by atoms with van der Waals surface area (Å²) in [5.41, 5.74) is 11.8. The highest BCUT2D eigenvalue weighted by atomic mass is 16.7. The van der Waals surface area contributed by atoms with E-state index in [1.807, 2.05) is 30.9 Å². The van der Waals surface area contributed by atoms with Crippen LogP contribution in [0.2, 0.25) is 0 Å². The van der Waals surface area contributed by atoms with Crippen molar-refractivity contribution in [1.29, 1.82) is 0 Å². The van der Waals surface area contributed by atoms with Crippen molar-refractivity contribution in [3.63, 3.8) is 0 Å². The average Bonchev–Trinajstić information content (AvgIpc) is 3.51. The van der Waals surface area contributed by atoms with Crippen molar-refractivity contribution in [3.05, 3.63) is 132 Å². The van der Waals surface area contributed by atoms with Crippen molar-refractivity contribution in [2.75, 3.05) is 0 Å². The van der Waals surface area contributed by atoms with Gasteiger partial charge < -0.3 is 9.31 Å². The van der Waals surface area contributed by atoms with Gasteiger partial charge in [0.2, 0.25) is 0 Å². The summed E-state index contributed by atoms with van der Waals surface area (Å²) in [6.45, 7) is 4.31. The minimum absolute atomic E-state index is 0.183. The summed E-state index contributed by atoms with van der Waals surface area (Å²) >= 11 is 0. The summed E-state index contributed by atoms with van der Waals surface area (Å²) in [5, 5.41) is 0. The molecule has 0 spiro atoms. The SMILES string of the molecule is CC12CC1(C)OB(c1cccc(-c3cc(-c4cccc(-c5cccnc5)c4)cc(C4C=CC=C(C5=CN=CCC5)C4)c3)c1)O2. The zero-order chi connectivity index (χ0) is 29.7. The summed E-state index contributed by atoms with van der Waals surface area (Å²) in [5.74, 6) is 0.277. The molecule has 3 heterocycles. The number of fused-ring (bicyclic) bond motifs is 1. The minimum atomic E-state index is -0.335. The van der Waals surface area contributed by atoms with Gasteiger partial charge in [0.15, 0.2) is 0 Å². The van der Waals surface area contributed by atoms with Crippen LogP contribution in [0.3, 0.4) is 0 Å². The Bertz CT molecular complexity index is 1860. The molecule has 0 radical (unpaired) electrons. The fourth-order valence-corrected chi connectivity index (χ4v) is 6.93. The number of pyridine rings is 1. The first-order chi connectivity index (χ1) is 21.5. The maximum Gasteiger partial charge on any atom is 0.494 e. The molecule has 3 aromatic carbocycles. The molecule has 2 aliphatic heterocycles. The molecule has 2 aliphatic carbocycles. The lowest BCUT2D eigenvalue weighted by Crippen LogP contribution is -2.35. The molecule has 8 rings (SSSR count). The first-order valence-electron chi connectivity index (χ1n) is 15.7. The number of nitrogens with zero attached hydrogens (tertiary/aromatic N) is 2. The summed E-state index contributed by atoms with van der Waals surface area (Å²) in [4.78, 5) is 8.80. The van der Waals surface area contributed by atoms with Crippen LogP contribution in [0.25, 0.3) is 33.4 Å². The minimum Gasteiger partial charge on any atom is -0.399 e. The maximum atomic E-state index is 6.38. The Morgan fingerprint density at radius 2 is 1.48 bits per heavy atom. The van der Waals surface area contributed by atoms with Crippen molar-refractivity contribution in [1.82, 2.24) is 4.98 Å². The molecular weight excluding hydrogens is 539 g/mol. The van der Waals surface area contributed by atoms with Crippen LogP contribution in [0.1, 0.15) is 51.0 Å². The second-order valence-corrected chi connectivity index (χ2v) is 12.9. The van der Waals surface area contributed by atoms with Gasteiger partial charge in [0.1, 0.15) is 0 Å². The molecule has 0 amide bonds. The largest absolute Gasteiger partial charge is 0.494 e. The van der Waals surface area contributed by atoms with E-state index in [4.69, 9.17) is 9.31 Å². The lowest BCUT2D eigenvalue weighted by molar-refractivity contribution is 0.187. The second kappa shape index (κ2) is 10.7. The molecule has 5 heteroatoms.